The van der Waals surface area contributed by atoms with E-state index >= 15 is 0 Å². The van der Waals surface area contributed by atoms with E-state index in [1.54, 1.807) is 0 Å². The predicted octanol–water partition coefficient (Wildman–Crippen LogP) is 7.51. The molecular formula is C39H43ClF3N3O4. The van der Waals surface area contributed by atoms with E-state index < -0.39 is 12.1 Å². The second-order valence-electron chi connectivity index (χ2n) is 13.2. The molecule has 3 N–H and O–H groups in total. The van der Waals surface area contributed by atoms with Gasteiger partial charge in [-0.1, -0.05) is 83.9 Å². The fourth-order valence-corrected chi connectivity index (χ4v) is 7.14. The summed E-state index contributed by atoms with van der Waals surface area (Å²) < 4.78 is 31.7. The van der Waals surface area contributed by atoms with Crippen molar-refractivity contribution in [2.24, 2.45) is 0 Å². The van der Waals surface area contributed by atoms with E-state index in [2.05, 4.69) is 77.4 Å². The zero-order valence-electron chi connectivity index (χ0n) is 27.9. The Kier molecular flexibility index (Phi) is 12.8. The Labute approximate surface area is 295 Å². The lowest BCUT2D eigenvalue weighted by molar-refractivity contribution is -0.192. The van der Waals surface area contributed by atoms with Crippen LogP contribution in [-0.4, -0.2) is 52.6 Å². The minimum Gasteiger partial charge on any atom is -0.475 e. The van der Waals surface area contributed by atoms with Gasteiger partial charge in [0.05, 0.1) is 12.1 Å². The standard InChI is InChI=1S/C37H42ClN3O2.C2HF3O2/c38-32-18-14-27(15-19-32)22-33(40-37(43)35-23-29-7-1-2-8-30(29)24-39-35)21-26-12-16-28(17-13-26)34-10-4-3-9-31(34)25-41-20-6-5-11-36(41)42;3-2(4,5)1(6)7/h1-4,7-10,14-15,18-19,21,28,33,35,39H,5-6,11-13,16-17,20,22-25H2,(H,40,43);(H,6,7)/t28?,33-,35+;/m0./s1. The van der Waals surface area contributed by atoms with Gasteiger partial charge < -0.3 is 20.6 Å². The molecule has 3 aliphatic rings. The van der Waals surface area contributed by atoms with Gasteiger partial charge in [0.25, 0.3) is 0 Å². The van der Waals surface area contributed by atoms with Crippen molar-refractivity contribution < 1.29 is 32.7 Å². The lowest BCUT2D eigenvalue weighted by Crippen LogP contribution is -2.50. The van der Waals surface area contributed by atoms with Crippen molar-refractivity contribution in [3.05, 3.63) is 117 Å². The average molecular weight is 710 g/mol. The fraction of sp³-hybridized carbons (Fsp3) is 0.410. The number of aliphatic carboxylic acids is 1. The molecular weight excluding hydrogens is 667 g/mol. The Morgan fingerprint density at radius 2 is 1.62 bits per heavy atom. The lowest BCUT2D eigenvalue weighted by Gasteiger charge is -2.31. The zero-order valence-corrected chi connectivity index (χ0v) is 28.6. The smallest absolute Gasteiger partial charge is 0.475 e. The van der Waals surface area contributed by atoms with Crippen LogP contribution in [0.1, 0.15) is 78.7 Å². The number of halogens is 4. The quantitative estimate of drug-likeness (QED) is 0.210. The molecule has 0 radical (unpaired) electrons. The Morgan fingerprint density at radius 1 is 0.960 bits per heavy atom. The van der Waals surface area contributed by atoms with Gasteiger partial charge in [-0.15, -0.1) is 0 Å². The summed E-state index contributed by atoms with van der Waals surface area (Å²) in [6.07, 6.45) is 5.66. The van der Waals surface area contributed by atoms with Crippen molar-refractivity contribution in [3.63, 3.8) is 0 Å². The molecule has 0 unspecified atom stereocenters. The highest BCUT2D eigenvalue weighted by atomic mass is 35.5. The molecule has 50 heavy (non-hydrogen) atoms. The second-order valence-corrected chi connectivity index (χ2v) is 13.7. The van der Waals surface area contributed by atoms with Gasteiger partial charge in [0.2, 0.25) is 11.8 Å². The number of carboxylic acids is 1. The second kappa shape index (κ2) is 17.2. The number of hydrogen-bond donors (Lipinski definition) is 3. The first-order valence-electron chi connectivity index (χ1n) is 17.2. The van der Waals surface area contributed by atoms with E-state index in [1.807, 2.05) is 17.0 Å². The third kappa shape index (κ3) is 10.4. The van der Waals surface area contributed by atoms with E-state index in [0.29, 0.717) is 25.3 Å². The van der Waals surface area contributed by atoms with Crippen LogP contribution in [0.4, 0.5) is 13.2 Å². The maximum Gasteiger partial charge on any atom is 0.490 e. The number of likely N-dealkylation sites (tertiary alicyclic amines) is 1. The molecule has 0 spiro atoms. The highest BCUT2D eigenvalue weighted by Gasteiger charge is 2.38. The third-order valence-corrected chi connectivity index (χ3v) is 9.93. The fourth-order valence-electron chi connectivity index (χ4n) is 7.01. The summed E-state index contributed by atoms with van der Waals surface area (Å²) in [6, 6.07) is 24.7. The van der Waals surface area contributed by atoms with Crippen LogP contribution in [0.5, 0.6) is 0 Å². The first-order chi connectivity index (χ1) is 24.0. The molecule has 0 bridgehead atoms. The van der Waals surface area contributed by atoms with Crippen LogP contribution in [0.2, 0.25) is 5.02 Å². The van der Waals surface area contributed by atoms with Gasteiger partial charge >= 0.3 is 12.1 Å². The molecule has 3 aromatic rings. The number of alkyl halides is 3. The van der Waals surface area contributed by atoms with Crippen LogP contribution < -0.4 is 10.6 Å². The lowest BCUT2D eigenvalue weighted by atomic mass is 9.79. The molecule has 266 valence electrons. The summed E-state index contributed by atoms with van der Waals surface area (Å²) in [6.45, 7) is 2.31. The van der Waals surface area contributed by atoms with Crippen LogP contribution >= 0.6 is 11.6 Å². The number of amides is 2. The molecule has 2 heterocycles. The number of carbonyl (C=O) groups is 3. The summed E-state index contributed by atoms with van der Waals surface area (Å²) in [5.41, 5.74) is 7.79. The number of carbonyl (C=O) groups excluding carboxylic acids is 2. The van der Waals surface area contributed by atoms with Gasteiger partial charge in [0.1, 0.15) is 0 Å². The number of piperidine rings is 1. The van der Waals surface area contributed by atoms with E-state index in [4.69, 9.17) is 21.5 Å². The average Bonchev–Trinajstić information content (AvgIpc) is 3.10. The van der Waals surface area contributed by atoms with E-state index in [1.165, 1.54) is 27.8 Å². The molecule has 7 nitrogen and oxygen atoms in total. The first-order valence-corrected chi connectivity index (χ1v) is 17.5. The van der Waals surface area contributed by atoms with Gasteiger partial charge in [-0.25, -0.2) is 4.79 Å². The van der Waals surface area contributed by atoms with Crippen molar-refractivity contribution in [2.75, 3.05) is 6.54 Å². The molecule has 2 fully saturated rings. The number of nitrogens with zero attached hydrogens (tertiary/aromatic N) is 1. The van der Waals surface area contributed by atoms with Gasteiger partial charge in [0.15, 0.2) is 0 Å². The van der Waals surface area contributed by atoms with Crippen LogP contribution in [0.15, 0.2) is 84.4 Å². The van der Waals surface area contributed by atoms with Crippen LogP contribution in [0, 0.1) is 0 Å². The zero-order chi connectivity index (χ0) is 35.7. The number of nitrogens with one attached hydrogen (secondary N) is 2. The van der Waals surface area contributed by atoms with Gasteiger partial charge in [0, 0.05) is 31.1 Å². The van der Waals surface area contributed by atoms with E-state index in [-0.39, 0.29) is 23.9 Å². The van der Waals surface area contributed by atoms with E-state index in [0.717, 1.165) is 68.6 Å². The number of rotatable bonds is 8. The van der Waals surface area contributed by atoms with Gasteiger partial charge in [-0.2, -0.15) is 13.2 Å². The summed E-state index contributed by atoms with van der Waals surface area (Å²) in [4.78, 5) is 36.9. The Hall–Kier alpha value is -4.15. The summed E-state index contributed by atoms with van der Waals surface area (Å²) in [5, 5.41) is 14.7. The van der Waals surface area contributed by atoms with Gasteiger partial charge in [-0.3, -0.25) is 9.59 Å². The van der Waals surface area contributed by atoms with E-state index in [9.17, 15) is 22.8 Å². The molecule has 2 atom stereocenters. The van der Waals surface area contributed by atoms with Crippen LogP contribution in [0.25, 0.3) is 0 Å². The molecule has 3 aromatic carbocycles. The Bertz CT molecular complexity index is 1670. The Balaban J connectivity index is 0.000000630. The minimum absolute atomic E-state index is 0.0557. The number of carboxylic acid groups (broad SMARTS) is 1. The molecule has 11 heteroatoms. The monoisotopic (exact) mass is 709 g/mol. The number of fused-ring (bicyclic) bond motifs is 1. The summed E-state index contributed by atoms with van der Waals surface area (Å²) in [5.74, 6) is -1.92. The molecule has 6 rings (SSSR count). The minimum atomic E-state index is -5.08. The van der Waals surface area contributed by atoms with Crippen molar-refractivity contribution in [3.8, 4) is 0 Å². The van der Waals surface area contributed by atoms with Crippen LogP contribution in [-0.2, 0) is 40.3 Å². The van der Waals surface area contributed by atoms with Crippen molar-refractivity contribution >= 4 is 29.4 Å². The normalized spacial score (nSPS) is 19.8. The van der Waals surface area contributed by atoms with Gasteiger partial charge in [-0.05, 0) is 97.2 Å². The molecule has 1 saturated heterocycles. The van der Waals surface area contributed by atoms with Crippen molar-refractivity contribution in [2.45, 2.75) is 95.1 Å². The predicted molar refractivity (Wildman–Crippen MR) is 187 cm³/mol. The topological polar surface area (TPSA) is 98.7 Å². The maximum absolute atomic E-state index is 13.5. The highest BCUT2D eigenvalue weighted by molar-refractivity contribution is 6.30. The largest absolute Gasteiger partial charge is 0.490 e. The Morgan fingerprint density at radius 3 is 2.30 bits per heavy atom. The maximum atomic E-state index is 13.5. The summed E-state index contributed by atoms with van der Waals surface area (Å²) >= 11 is 6.16. The third-order valence-electron chi connectivity index (χ3n) is 9.68. The summed E-state index contributed by atoms with van der Waals surface area (Å²) in [7, 11) is 0. The number of allylic oxidation sites excluding steroid dienone is 1. The first kappa shape index (κ1) is 37.1. The van der Waals surface area contributed by atoms with Crippen molar-refractivity contribution in [1.29, 1.82) is 0 Å². The number of hydrogen-bond acceptors (Lipinski definition) is 4. The molecule has 0 aromatic heterocycles. The number of benzene rings is 3. The molecule has 2 aliphatic heterocycles. The molecule has 1 aliphatic carbocycles. The van der Waals surface area contributed by atoms with Crippen molar-refractivity contribution in [1.82, 2.24) is 15.5 Å². The SMILES string of the molecule is O=C(N[C@@H](C=C1CCC(c2ccccc2CN2CCCCC2=O)CC1)Cc1ccc(Cl)cc1)[C@H]1Cc2ccccc2CN1.O=C(O)C(F)(F)F. The molecule has 1 saturated carbocycles. The molecule has 2 amide bonds. The van der Waals surface area contributed by atoms with Crippen LogP contribution in [0.3, 0.4) is 0 Å². The highest BCUT2D eigenvalue weighted by Crippen LogP contribution is 2.37.